The second kappa shape index (κ2) is 9.16. The van der Waals surface area contributed by atoms with Gasteiger partial charge in [0, 0.05) is 11.8 Å². The van der Waals surface area contributed by atoms with Crippen LogP contribution in [0.1, 0.15) is 31.8 Å². The zero-order valence-electron chi connectivity index (χ0n) is 15.7. The Labute approximate surface area is 171 Å². The van der Waals surface area contributed by atoms with Crippen LogP contribution in [-0.4, -0.2) is 29.4 Å². The number of nitrogens with one attached hydrogen (secondary N) is 1. The molecule has 0 unspecified atom stereocenters. The van der Waals surface area contributed by atoms with Gasteiger partial charge in [-0.05, 0) is 47.5 Å². The van der Waals surface area contributed by atoms with Crippen molar-refractivity contribution in [2.75, 3.05) is 6.61 Å². The third-order valence-corrected chi connectivity index (χ3v) is 5.23. The molecule has 1 aromatic heterocycles. The molecule has 3 rings (SSSR count). The van der Waals surface area contributed by atoms with Crippen molar-refractivity contribution in [3.63, 3.8) is 0 Å². The summed E-state index contributed by atoms with van der Waals surface area (Å²) in [5, 5.41) is 12.0. The molecule has 2 N–H and O–H groups in total. The molecule has 3 aromatic rings. The number of esters is 1. The molecule has 0 bridgehead atoms. The van der Waals surface area contributed by atoms with Gasteiger partial charge in [0.05, 0.1) is 17.0 Å². The maximum absolute atomic E-state index is 12.2. The smallest absolute Gasteiger partial charge is 0.338 e. The number of amides is 1. The molecule has 2 aromatic carbocycles. The summed E-state index contributed by atoms with van der Waals surface area (Å²) in [7, 11) is 0. The molecule has 0 spiro atoms. The number of phenolic OH excluding ortho intramolecular Hbond substituents is 1. The van der Waals surface area contributed by atoms with Crippen LogP contribution < -0.4 is 5.32 Å². The van der Waals surface area contributed by atoms with Crippen LogP contribution in [0.2, 0.25) is 0 Å². The number of carbonyl (C=O) groups is 3. The number of carbonyl (C=O) groups excluding carboxylic acids is 3. The van der Waals surface area contributed by atoms with Crippen molar-refractivity contribution < 1.29 is 24.2 Å². The number of benzene rings is 2. The van der Waals surface area contributed by atoms with E-state index < -0.39 is 5.97 Å². The predicted octanol–water partition coefficient (Wildman–Crippen LogP) is 3.80. The van der Waals surface area contributed by atoms with Gasteiger partial charge in [0.25, 0.3) is 0 Å². The van der Waals surface area contributed by atoms with E-state index in [9.17, 15) is 19.5 Å². The molecule has 6 nitrogen and oxygen atoms in total. The lowest BCUT2D eigenvalue weighted by Crippen LogP contribution is -2.18. The summed E-state index contributed by atoms with van der Waals surface area (Å²) in [6.45, 7) is 1.44. The quantitative estimate of drug-likeness (QED) is 0.457. The van der Waals surface area contributed by atoms with Crippen molar-refractivity contribution in [3.05, 3.63) is 76.0 Å². The Morgan fingerprint density at radius 3 is 2.17 bits per heavy atom. The van der Waals surface area contributed by atoms with Gasteiger partial charge < -0.3 is 15.2 Å². The van der Waals surface area contributed by atoms with E-state index in [2.05, 4.69) is 5.32 Å². The number of aromatic hydroxyl groups is 1. The Bertz CT molecular complexity index is 1020. The lowest BCUT2D eigenvalue weighted by Gasteiger charge is -2.06. The molecule has 0 saturated carbocycles. The molecule has 0 radical (unpaired) electrons. The zero-order valence-corrected chi connectivity index (χ0v) is 16.5. The summed E-state index contributed by atoms with van der Waals surface area (Å²) >= 11 is 1.26. The summed E-state index contributed by atoms with van der Waals surface area (Å²) in [4.78, 5) is 36.7. The van der Waals surface area contributed by atoms with E-state index in [0.717, 1.165) is 16.0 Å². The molecule has 0 atom stereocenters. The van der Waals surface area contributed by atoms with Crippen molar-refractivity contribution in [1.29, 1.82) is 0 Å². The van der Waals surface area contributed by atoms with Gasteiger partial charge in [-0.1, -0.05) is 24.3 Å². The van der Waals surface area contributed by atoms with Crippen LogP contribution in [0.25, 0.3) is 11.1 Å². The number of hydrogen-bond donors (Lipinski definition) is 2. The summed E-state index contributed by atoms with van der Waals surface area (Å²) in [5.41, 5.74) is 2.14. The number of phenols is 1. The van der Waals surface area contributed by atoms with Crippen LogP contribution in [0.15, 0.2) is 60.7 Å². The highest BCUT2D eigenvalue weighted by Gasteiger charge is 2.14. The fourth-order valence-corrected chi connectivity index (χ4v) is 3.44. The average molecular weight is 409 g/mol. The highest BCUT2D eigenvalue weighted by molar-refractivity contribution is 7.14. The summed E-state index contributed by atoms with van der Waals surface area (Å²) in [6.07, 6.45) is 0. The standard InChI is InChI=1S/C22H19NO5S/c1-14(24)23-12-19-10-11-21(29-19)20(26)13-28-22(27)17-4-2-15(3-5-17)16-6-8-18(25)9-7-16/h2-11,25H,12-13H2,1H3,(H,23,24). The second-order valence-electron chi connectivity index (χ2n) is 6.30. The molecule has 0 saturated heterocycles. The largest absolute Gasteiger partial charge is 0.508 e. The minimum Gasteiger partial charge on any atom is -0.508 e. The Morgan fingerprint density at radius 1 is 0.931 bits per heavy atom. The first-order chi connectivity index (χ1) is 13.9. The first kappa shape index (κ1) is 20.3. The molecule has 0 aliphatic rings. The first-order valence-corrected chi connectivity index (χ1v) is 9.67. The van der Waals surface area contributed by atoms with E-state index in [1.807, 2.05) is 0 Å². The molecule has 29 heavy (non-hydrogen) atoms. The van der Waals surface area contributed by atoms with E-state index in [0.29, 0.717) is 17.0 Å². The molecule has 1 amide bonds. The molecule has 0 aliphatic heterocycles. The predicted molar refractivity (Wildman–Crippen MR) is 110 cm³/mol. The topological polar surface area (TPSA) is 92.7 Å². The van der Waals surface area contributed by atoms with E-state index in [4.69, 9.17) is 4.74 Å². The molecule has 0 aliphatic carbocycles. The normalized spacial score (nSPS) is 10.4. The van der Waals surface area contributed by atoms with Gasteiger partial charge in [-0.25, -0.2) is 4.79 Å². The lowest BCUT2D eigenvalue weighted by molar-refractivity contribution is -0.119. The van der Waals surface area contributed by atoms with Crippen molar-refractivity contribution >= 4 is 29.0 Å². The van der Waals surface area contributed by atoms with Gasteiger partial charge in [-0.3, -0.25) is 9.59 Å². The first-order valence-electron chi connectivity index (χ1n) is 8.85. The SMILES string of the molecule is CC(=O)NCc1ccc(C(=O)COC(=O)c2ccc(-c3ccc(O)cc3)cc2)s1. The fourth-order valence-electron chi connectivity index (χ4n) is 2.57. The van der Waals surface area contributed by atoms with Crippen molar-refractivity contribution in [1.82, 2.24) is 5.32 Å². The molecule has 1 heterocycles. The number of hydrogen-bond acceptors (Lipinski definition) is 6. The third-order valence-electron chi connectivity index (χ3n) is 4.10. The van der Waals surface area contributed by atoms with Gasteiger partial charge >= 0.3 is 5.97 Å². The Balaban J connectivity index is 1.55. The minimum absolute atomic E-state index is 0.142. The number of ketones is 1. The van der Waals surface area contributed by atoms with E-state index in [1.165, 1.54) is 18.3 Å². The Kier molecular flexibility index (Phi) is 6.41. The molecular formula is C22H19NO5S. The lowest BCUT2D eigenvalue weighted by atomic mass is 10.0. The second-order valence-corrected chi connectivity index (χ2v) is 7.47. The zero-order chi connectivity index (χ0) is 20.8. The maximum Gasteiger partial charge on any atom is 0.338 e. The Morgan fingerprint density at radius 2 is 1.55 bits per heavy atom. The van der Waals surface area contributed by atoms with Crippen LogP contribution >= 0.6 is 11.3 Å². The van der Waals surface area contributed by atoms with Gasteiger partial charge in [-0.15, -0.1) is 11.3 Å². The number of thiophene rings is 1. The fraction of sp³-hybridized carbons (Fsp3) is 0.136. The van der Waals surface area contributed by atoms with Crippen molar-refractivity contribution in [3.8, 4) is 16.9 Å². The summed E-state index contributed by atoms with van der Waals surface area (Å²) < 4.78 is 5.13. The van der Waals surface area contributed by atoms with Crippen LogP contribution in [0.4, 0.5) is 0 Å². The average Bonchev–Trinajstić information content (AvgIpc) is 3.20. The van der Waals surface area contributed by atoms with Gasteiger partial charge in [0.15, 0.2) is 6.61 Å². The van der Waals surface area contributed by atoms with E-state index in [1.54, 1.807) is 60.7 Å². The summed E-state index contributed by atoms with van der Waals surface area (Å²) in [6, 6.07) is 17.0. The van der Waals surface area contributed by atoms with Crippen LogP contribution in [-0.2, 0) is 16.1 Å². The van der Waals surface area contributed by atoms with E-state index >= 15 is 0 Å². The monoisotopic (exact) mass is 409 g/mol. The molecule has 0 fully saturated rings. The number of Topliss-reactive ketones (excluding diaryl/α,β-unsaturated/α-hetero) is 1. The number of ether oxygens (including phenoxy) is 1. The van der Waals surface area contributed by atoms with Crippen LogP contribution in [0.5, 0.6) is 5.75 Å². The minimum atomic E-state index is -0.578. The van der Waals surface area contributed by atoms with Crippen LogP contribution in [0.3, 0.4) is 0 Å². The molecule has 7 heteroatoms. The van der Waals surface area contributed by atoms with E-state index in [-0.39, 0.29) is 24.0 Å². The van der Waals surface area contributed by atoms with Crippen molar-refractivity contribution in [2.24, 2.45) is 0 Å². The van der Waals surface area contributed by atoms with Gasteiger partial charge in [0.1, 0.15) is 5.75 Å². The number of rotatable bonds is 7. The van der Waals surface area contributed by atoms with Gasteiger partial charge in [-0.2, -0.15) is 0 Å². The highest BCUT2D eigenvalue weighted by atomic mass is 32.1. The Hall–Kier alpha value is -3.45. The van der Waals surface area contributed by atoms with Crippen molar-refractivity contribution in [2.45, 2.75) is 13.5 Å². The van der Waals surface area contributed by atoms with Gasteiger partial charge in [0.2, 0.25) is 11.7 Å². The van der Waals surface area contributed by atoms with Crippen LogP contribution in [0, 0.1) is 0 Å². The highest BCUT2D eigenvalue weighted by Crippen LogP contribution is 2.22. The molecular weight excluding hydrogens is 390 g/mol. The maximum atomic E-state index is 12.2. The third kappa shape index (κ3) is 5.52. The molecule has 148 valence electrons. The summed E-state index contributed by atoms with van der Waals surface area (Å²) in [5.74, 6) is -0.827.